The van der Waals surface area contributed by atoms with E-state index in [0.717, 1.165) is 10.0 Å². The van der Waals surface area contributed by atoms with Crippen molar-refractivity contribution in [2.75, 3.05) is 17.2 Å². The number of tetrazole rings is 1. The molecule has 0 spiro atoms. The van der Waals surface area contributed by atoms with E-state index in [4.69, 9.17) is 5.73 Å². The van der Waals surface area contributed by atoms with Crippen molar-refractivity contribution in [2.24, 2.45) is 0 Å². The molecule has 0 amide bonds. The SMILES string of the molecule is Nc1cc(Br)cc(-c2nnnn2C2CCS(=O)(=O)CC2)c1. The van der Waals surface area contributed by atoms with Gasteiger partial charge < -0.3 is 5.73 Å². The Morgan fingerprint density at radius 1 is 1.24 bits per heavy atom. The third-order valence-corrected chi connectivity index (χ3v) is 5.71. The smallest absolute Gasteiger partial charge is 0.182 e. The fraction of sp³-hybridized carbons (Fsp3) is 0.417. The van der Waals surface area contributed by atoms with E-state index < -0.39 is 9.84 Å². The quantitative estimate of drug-likeness (QED) is 0.800. The predicted molar refractivity (Wildman–Crippen MR) is 82.3 cm³/mol. The molecule has 0 bridgehead atoms. The number of hydrogen-bond acceptors (Lipinski definition) is 6. The molecule has 0 radical (unpaired) electrons. The number of nitrogens with two attached hydrogens (primary N) is 1. The number of aromatic nitrogens is 4. The Balaban J connectivity index is 1.94. The summed E-state index contributed by atoms with van der Waals surface area (Å²) in [5, 5.41) is 11.8. The molecule has 0 atom stereocenters. The Morgan fingerprint density at radius 3 is 2.62 bits per heavy atom. The van der Waals surface area contributed by atoms with Gasteiger partial charge in [-0.2, -0.15) is 0 Å². The summed E-state index contributed by atoms with van der Waals surface area (Å²) in [7, 11) is -2.91. The van der Waals surface area contributed by atoms with E-state index in [9.17, 15) is 8.42 Å². The lowest BCUT2D eigenvalue weighted by Crippen LogP contribution is -2.26. The lowest BCUT2D eigenvalue weighted by Gasteiger charge is -2.22. The molecule has 1 aromatic carbocycles. The molecule has 1 aliphatic rings. The Kier molecular flexibility index (Phi) is 3.70. The molecule has 21 heavy (non-hydrogen) atoms. The largest absolute Gasteiger partial charge is 0.399 e. The number of anilines is 1. The van der Waals surface area contributed by atoms with Gasteiger partial charge in [0.05, 0.1) is 17.5 Å². The highest BCUT2D eigenvalue weighted by Crippen LogP contribution is 2.29. The van der Waals surface area contributed by atoms with E-state index in [0.29, 0.717) is 24.4 Å². The van der Waals surface area contributed by atoms with Crippen LogP contribution in [0, 0.1) is 0 Å². The maximum Gasteiger partial charge on any atom is 0.182 e. The molecular formula is C12H14BrN5O2S. The van der Waals surface area contributed by atoms with Gasteiger partial charge in [-0.3, -0.25) is 0 Å². The zero-order valence-corrected chi connectivity index (χ0v) is 13.5. The van der Waals surface area contributed by atoms with Crippen LogP contribution in [0.2, 0.25) is 0 Å². The molecule has 1 saturated heterocycles. The van der Waals surface area contributed by atoms with Gasteiger partial charge in [0, 0.05) is 15.7 Å². The van der Waals surface area contributed by atoms with Gasteiger partial charge in [-0.1, -0.05) is 15.9 Å². The van der Waals surface area contributed by atoms with Crippen LogP contribution in [0.5, 0.6) is 0 Å². The van der Waals surface area contributed by atoms with E-state index in [2.05, 4.69) is 31.5 Å². The molecule has 0 aliphatic carbocycles. The molecule has 112 valence electrons. The fourth-order valence-electron chi connectivity index (χ4n) is 2.49. The minimum atomic E-state index is -2.91. The number of hydrogen-bond donors (Lipinski definition) is 1. The van der Waals surface area contributed by atoms with Crippen molar-refractivity contribution in [1.82, 2.24) is 20.2 Å². The second-order valence-electron chi connectivity index (χ2n) is 5.10. The molecule has 1 aromatic heterocycles. The summed E-state index contributed by atoms with van der Waals surface area (Å²) in [6.45, 7) is 0. The molecule has 1 fully saturated rings. The zero-order valence-electron chi connectivity index (χ0n) is 11.1. The Labute approximate surface area is 130 Å². The summed E-state index contributed by atoms with van der Waals surface area (Å²) in [5.41, 5.74) is 7.26. The topological polar surface area (TPSA) is 104 Å². The van der Waals surface area contributed by atoms with Gasteiger partial charge in [-0.25, -0.2) is 13.1 Å². The first-order chi connectivity index (χ1) is 9.94. The molecule has 9 heteroatoms. The minimum Gasteiger partial charge on any atom is -0.399 e. The van der Waals surface area contributed by atoms with Crippen LogP contribution in [0.1, 0.15) is 18.9 Å². The average Bonchev–Trinajstić information content (AvgIpc) is 2.86. The molecule has 0 unspecified atom stereocenters. The molecule has 1 aliphatic heterocycles. The first-order valence-electron chi connectivity index (χ1n) is 6.49. The number of nitrogen functional groups attached to an aromatic ring is 1. The highest BCUT2D eigenvalue weighted by molar-refractivity contribution is 9.10. The van der Waals surface area contributed by atoms with E-state index in [-0.39, 0.29) is 17.5 Å². The number of rotatable bonds is 2. The van der Waals surface area contributed by atoms with Crippen molar-refractivity contribution < 1.29 is 8.42 Å². The third-order valence-electron chi connectivity index (χ3n) is 3.54. The highest BCUT2D eigenvalue weighted by atomic mass is 79.9. The van der Waals surface area contributed by atoms with E-state index in [1.807, 2.05) is 6.07 Å². The van der Waals surface area contributed by atoms with Gasteiger partial charge >= 0.3 is 0 Å². The Morgan fingerprint density at radius 2 is 1.95 bits per heavy atom. The average molecular weight is 372 g/mol. The first-order valence-corrected chi connectivity index (χ1v) is 9.11. The number of benzene rings is 1. The van der Waals surface area contributed by atoms with Gasteiger partial charge in [0.2, 0.25) is 0 Å². The number of halogens is 1. The van der Waals surface area contributed by atoms with Crippen molar-refractivity contribution in [3.63, 3.8) is 0 Å². The second-order valence-corrected chi connectivity index (χ2v) is 8.32. The predicted octanol–water partition coefficient (Wildman–Crippen LogP) is 1.43. The van der Waals surface area contributed by atoms with Crippen LogP contribution in [0.4, 0.5) is 5.69 Å². The summed E-state index contributed by atoms with van der Waals surface area (Å²) in [4.78, 5) is 0. The Hall–Kier alpha value is -1.48. The third kappa shape index (κ3) is 3.08. The monoisotopic (exact) mass is 371 g/mol. The normalized spacial score (nSPS) is 18.7. The van der Waals surface area contributed by atoms with Crippen molar-refractivity contribution in [3.8, 4) is 11.4 Å². The highest BCUT2D eigenvalue weighted by Gasteiger charge is 2.27. The molecule has 0 saturated carbocycles. The maximum absolute atomic E-state index is 11.5. The molecule has 2 heterocycles. The van der Waals surface area contributed by atoms with Crippen LogP contribution in [-0.4, -0.2) is 40.1 Å². The van der Waals surface area contributed by atoms with Crippen LogP contribution in [0.3, 0.4) is 0 Å². The van der Waals surface area contributed by atoms with Crippen LogP contribution >= 0.6 is 15.9 Å². The minimum absolute atomic E-state index is 0.00117. The van der Waals surface area contributed by atoms with Gasteiger partial charge in [-0.15, -0.1) is 5.10 Å². The number of sulfone groups is 1. The van der Waals surface area contributed by atoms with E-state index in [1.165, 1.54) is 0 Å². The first kappa shape index (κ1) is 14.5. The molecule has 2 N–H and O–H groups in total. The standard InChI is InChI=1S/C12H14BrN5O2S/c13-9-5-8(6-10(14)7-9)12-15-16-17-18(12)11-1-3-21(19,20)4-2-11/h5-7,11H,1-4,14H2. The van der Waals surface area contributed by atoms with E-state index in [1.54, 1.807) is 16.8 Å². The van der Waals surface area contributed by atoms with Gasteiger partial charge in [0.1, 0.15) is 9.84 Å². The second kappa shape index (κ2) is 5.38. The Bertz CT molecular complexity index is 739. The molecule has 7 nitrogen and oxygen atoms in total. The van der Waals surface area contributed by atoms with Crippen LogP contribution < -0.4 is 5.73 Å². The van der Waals surface area contributed by atoms with Crippen LogP contribution in [-0.2, 0) is 9.84 Å². The lowest BCUT2D eigenvalue weighted by atomic mass is 10.1. The van der Waals surface area contributed by atoms with Gasteiger partial charge in [0.25, 0.3) is 0 Å². The van der Waals surface area contributed by atoms with Gasteiger partial charge in [-0.05, 0) is 41.5 Å². The molecule has 2 aromatic rings. The van der Waals surface area contributed by atoms with Crippen molar-refractivity contribution >= 4 is 31.5 Å². The van der Waals surface area contributed by atoms with Crippen LogP contribution in [0.15, 0.2) is 22.7 Å². The van der Waals surface area contributed by atoms with Gasteiger partial charge in [0.15, 0.2) is 5.82 Å². The maximum atomic E-state index is 11.5. The lowest BCUT2D eigenvalue weighted by molar-refractivity contribution is 0.408. The van der Waals surface area contributed by atoms with Crippen molar-refractivity contribution in [3.05, 3.63) is 22.7 Å². The summed E-state index contributed by atoms with van der Waals surface area (Å²) < 4.78 is 25.6. The van der Waals surface area contributed by atoms with Crippen molar-refractivity contribution in [1.29, 1.82) is 0 Å². The molecule has 3 rings (SSSR count). The fourth-order valence-corrected chi connectivity index (χ4v) is 4.47. The zero-order chi connectivity index (χ0) is 15.0. The van der Waals surface area contributed by atoms with Crippen LogP contribution in [0.25, 0.3) is 11.4 Å². The van der Waals surface area contributed by atoms with Crippen molar-refractivity contribution in [2.45, 2.75) is 18.9 Å². The summed E-state index contributed by atoms with van der Waals surface area (Å²) in [5.74, 6) is 0.960. The summed E-state index contributed by atoms with van der Waals surface area (Å²) in [6, 6.07) is 5.48. The summed E-state index contributed by atoms with van der Waals surface area (Å²) >= 11 is 3.40. The molecular weight excluding hydrogens is 358 g/mol. The van der Waals surface area contributed by atoms with E-state index >= 15 is 0 Å². The number of nitrogens with zero attached hydrogens (tertiary/aromatic N) is 4. The summed E-state index contributed by atoms with van der Waals surface area (Å²) in [6.07, 6.45) is 1.06.